The Labute approximate surface area is 164 Å². The van der Waals surface area contributed by atoms with Crippen LogP contribution in [0, 0.1) is 0 Å². The third-order valence-corrected chi connectivity index (χ3v) is 5.13. The summed E-state index contributed by atoms with van der Waals surface area (Å²) in [5.74, 6) is -0.0631. The number of phenols is 1. The molecular weight excluding hydrogens is 386 g/mol. The summed E-state index contributed by atoms with van der Waals surface area (Å²) in [5, 5.41) is 14.3. The van der Waals surface area contributed by atoms with Gasteiger partial charge in [0.1, 0.15) is 4.88 Å². The van der Waals surface area contributed by atoms with Crippen LogP contribution in [-0.4, -0.2) is 24.3 Å². The molecule has 0 unspecified atom stereocenters. The molecule has 4 N–H and O–H groups in total. The number of nitrogen functional groups attached to an aromatic ring is 1. The second-order valence-electron chi connectivity index (χ2n) is 5.53. The monoisotopic (exact) mass is 401 g/mol. The number of nitrogens with one attached hydrogen (secondary N) is 1. The van der Waals surface area contributed by atoms with Crippen LogP contribution < -0.4 is 15.9 Å². The maximum Gasteiger partial charge on any atom is 0.283 e. The van der Waals surface area contributed by atoms with E-state index in [4.69, 9.17) is 22.1 Å². The molecule has 0 bridgehead atoms. The van der Waals surface area contributed by atoms with Gasteiger partial charge < -0.3 is 15.6 Å². The summed E-state index contributed by atoms with van der Waals surface area (Å²) < 4.78 is 4.97. The smallest absolute Gasteiger partial charge is 0.283 e. The number of methoxy groups -OCH3 is 1. The number of rotatable bonds is 5. The fourth-order valence-electron chi connectivity index (χ4n) is 2.34. The van der Waals surface area contributed by atoms with E-state index in [2.05, 4.69) is 10.5 Å². The summed E-state index contributed by atoms with van der Waals surface area (Å²) in [5.41, 5.74) is 10.3. The average Bonchev–Trinajstić information content (AvgIpc) is 3.04. The van der Waals surface area contributed by atoms with Gasteiger partial charge in [-0.05, 0) is 47.5 Å². The van der Waals surface area contributed by atoms with E-state index in [9.17, 15) is 9.90 Å². The molecule has 0 aliphatic heterocycles. The molecule has 0 radical (unpaired) electrons. The molecule has 27 heavy (non-hydrogen) atoms. The van der Waals surface area contributed by atoms with Gasteiger partial charge in [0.15, 0.2) is 11.5 Å². The number of carbonyl (C=O) groups excluding carboxylic acids is 1. The molecule has 8 heteroatoms. The number of phenolic OH excluding ortho intramolecular Hbond substituents is 1. The Morgan fingerprint density at radius 3 is 2.67 bits per heavy atom. The van der Waals surface area contributed by atoms with Gasteiger partial charge in [0.2, 0.25) is 0 Å². The Balaban J connectivity index is 1.71. The van der Waals surface area contributed by atoms with Crippen molar-refractivity contribution in [1.82, 2.24) is 5.43 Å². The zero-order chi connectivity index (χ0) is 19.4. The zero-order valence-corrected chi connectivity index (χ0v) is 15.8. The predicted molar refractivity (Wildman–Crippen MR) is 109 cm³/mol. The third-order valence-electron chi connectivity index (χ3n) is 3.68. The van der Waals surface area contributed by atoms with E-state index >= 15 is 0 Å². The van der Waals surface area contributed by atoms with Crippen molar-refractivity contribution in [3.05, 3.63) is 64.0 Å². The number of nitrogens with two attached hydrogens (primary N) is 1. The Hall–Kier alpha value is -3.03. The molecular formula is C19H16ClN3O3S. The van der Waals surface area contributed by atoms with E-state index in [0.717, 1.165) is 10.4 Å². The van der Waals surface area contributed by atoms with E-state index in [1.807, 2.05) is 12.1 Å². The number of ether oxygens (including phenoxy) is 1. The second kappa shape index (κ2) is 8.11. The number of hydrogen-bond donors (Lipinski definition) is 3. The van der Waals surface area contributed by atoms with Gasteiger partial charge in [-0.15, -0.1) is 11.3 Å². The molecule has 138 valence electrons. The molecule has 3 rings (SSSR count). The highest BCUT2D eigenvalue weighted by Gasteiger charge is 2.15. The van der Waals surface area contributed by atoms with E-state index in [-0.39, 0.29) is 5.75 Å². The SMILES string of the molecule is COc1ccc(/C=N\NC(=O)c2sc(-c3ccc(Cl)cc3)cc2N)cc1O. The minimum atomic E-state index is -0.410. The van der Waals surface area contributed by atoms with Gasteiger partial charge in [-0.3, -0.25) is 4.79 Å². The van der Waals surface area contributed by atoms with Gasteiger partial charge >= 0.3 is 0 Å². The van der Waals surface area contributed by atoms with Crippen molar-refractivity contribution in [1.29, 1.82) is 0 Å². The zero-order valence-electron chi connectivity index (χ0n) is 14.3. The van der Waals surface area contributed by atoms with Gasteiger partial charge in [0.05, 0.1) is 19.0 Å². The summed E-state index contributed by atoms with van der Waals surface area (Å²) in [6, 6.07) is 13.8. The first-order valence-corrected chi connectivity index (χ1v) is 9.03. The molecule has 0 aliphatic carbocycles. The van der Waals surface area contributed by atoms with Crippen molar-refractivity contribution in [2.24, 2.45) is 5.10 Å². The molecule has 1 amide bonds. The molecule has 0 atom stereocenters. The van der Waals surface area contributed by atoms with E-state index in [1.54, 1.807) is 30.3 Å². The second-order valence-corrected chi connectivity index (χ2v) is 7.02. The molecule has 0 saturated carbocycles. The van der Waals surface area contributed by atoms with Crippen molar-refractivity contribution < 1.29 is 14.6 Å². The van der Waals surface area contributed by atoms with Gasteiger partial charge in [-0.1, -0.05) is 23.7 Å². The molecule has 6 nitrogen and oxygen atoms in total. The molecule has 3 aromatic rings. The predicted octanol–water partition coefficient (Wildman–Crippen LogP) is 4.13. The van der Waals surface area contributed by atoms with Crippen molar-refractivity contribution >= 4 is 40.7 Å². The number of benzene rings is 2. The first kappa shape index (κ1) is 18.8. The van der Waals surface area contributed by atoms with Crippen molar-refractivity contribution in [3.63, 3.8) is 0 Å². The molecule has 0 saturated heterocycles. The van der Waals surface area contributed by atoms with Gasteiger partial charge in [-0.2, -0.15) is 5.10 Å². The fourth-order valence-corrected chi connectivity index (χ4v) is 3.44. The fraction of sp³-hybridized carbons (Fsp3) is 0.0526. The summed E-state index contributed by atoms with van der Waals surface area (Å²) in [4.78, 5) is 13.6. The lowest BCUT2D eigenvalue weighted by atomic mass is 10.2. The molecule has 1 aromatic heterocycles. The standard InChI is InChI=1S/C19H16ClN3O3S/c1-26-16-7-2-11(8-15(16)24)10-22-23-19(25)18-14(21)9-17(27-18)12-3-5-13(20)6-4-12/h2-10,24H,21H2,1H3,(H,23,25)/b22-10-. The largest absolute Gasteiger partial charge is 0.504 e. The van der Waals surface area contributed by atoms with Crippen LogP contribution in [0.3, 0.4) is 0 Å². The maximum atomic E-state index is 12.3. The highest BCUT2D eigenvalue weighted by Crippen LogP contribution is 2.33. The summed E-state index contributed by atoms with van der Waals surface area (Å²) >= 11 is 7.17. The van der Waals surface area contributed by atoms with Crippen LogP contribution in [0.4, 0.5) is 5.69 Å². The van der Waals surface area contributed by atoms with Crippen molar-refractivity contribution in [2.45, 2.75) is 0 Å². The van der Waals surface area contributed by atoms with Crippen LogP contribution in [0.15, 0.2) is 53.6 Å². The number of hydrogen-bond acceptors (Lipinski definition) is 6. The van der Waals surface area contributed by atoms with Crippen LogP contribution >= 0.6 is 22.9 Å². The summed E-state index contributed by atoms with van der Waals surface area (Å²) in [7, 11) is 1.47. The van der Waals surface area contributed by atoms with Crippen LogP contribution in [0.2, 0.25) is 5.02 Å². The number of amides is 1. The number of anilines is 1. The van der Waals surface area contributed by atoms with E-state index in [1.165, 1.54) is 30.7 Å². The number of halogens is 1. The molecule has 2 aromatic carbocycles. The number of carbonyl (C=O) groups is 1. The average molecular weight is 402 g/mol. The minimum absolute atomic E-state index is 0.0112. The summed E-state index contributed by atoms with van der Waals surface area (Å²) in [6.45, 7) is 0. The first-order chi connectivity index (χ1) is 13.0. The molecule has 1 heterocycles. The van der Waals surface area contributed by atoms with Gasteiger partial charge in [0.25, 0.3) is 5.91 Å². The highest BCUT2D eigenvalue weighted by molar-refractivity contribution is 7.18. The van der Waals surface area contributed by atoms with Crippen LogP contribution in [0.25, 0.3) is 10.4 Å². The Bertz CT molecular complexity index is 1000. The lowest BCUT2D eigenvalue weighted by Gasteiger charge is -2.03. The lowest BCUT2D eigenvalue weighted by molar-refractivity contribution is 0.0960. The van der Waals surface area contributed by atoms with Crippen molar-refractivity contribution in [3.8, 4) is 21.9 Å². The third kappa shape index (κ3) is 4.39. The molecule has 0 spiro atoms. The maximum absolute atomic E-state index is 12.3. The van der Waals surface area contributed by atoms with E-state index < -0.39 is 5.91 Å². The van der Waals surface area contributed by atoms with Crippen LogP contribution in [-0.2, 0) is 0 Å². The normalized spacial score (nSPS) is 10.9. The lowest BCUT2D eigenvalue weighted by Crippen LogP contribution is -2.17. The quantitative estimate of drug-likeness (QED) is 0.442. The van der Waals surface area contributed by atoms with Crippen LogP contribution in [0.1, 0.15) is 15.2 Å². The van der Waals surface area contributed by atoms with Gasteiger partial charge in [0, 0.05) is 9.90 Å². The number of nitrogens with zero attached hydrogens (tertiary/aromatic N) is 1. The minimum Gasteiger partial charge on any atom is -0.504 e. The van der Waals surface area contributed by atoms with Gasteiger partial charge in [-0.25, -0.2) is 5.43 Å². The molecule has 0 fully saturated rings. The Kier molecular flexibility index (Phi) is 5.63. The first-order valence-electron chi connectivity index (χ1n) is 7.83. The number of hydrazone groups is 1. The summed E-state index contributed by atoms with van der Waals surface area (Å²) in [6.07, 6.45) is 1.42. The van der Waals surface area contributed by atoms with E-state index in [0.29, 0.717) is 26.9 Å². The Morgan fingerprint density at radius 1 is 1.26 bits per heavy atom. The number of aromatic hydroxyl groups is 1. The highest BCUT2D eigenvalue weighted by atomic mass is 35.5. The topological polar surface area (TPSA) is 96.9 Å². The Morgan fingerprint density at radius 2 is 2.00 bits per heavy atom. The number of thiophene rings is 1. The van der Waals surface area contributed by atoms with Crippen LogP contribution in [0.5, 0.6) is 11.5 Å². The van der Waals surface area contributed by atoms with Crippen molar-refractivity contribution in [2.75, 3.05) is 12.8 Å². The molecule has 0 aliphatic rings.